The van der Waals surface area contributed by atoms with E-state index in [0.29, 0.717) is 6.42 Å². The number of aryl methyl sites for hydroxylation is 1. The molecule has 0 fully saturated rings. The van der Waals surface area contributed by atoms with Crippen LogP contribution in [0.2, 0.25) is 0 Å². The predicted octanol–water partition coefficient (Wildman–Crippen LogP) is 2.22. The molecule has 0 spiro atoms. The molecular weight excluding hydrogens is 268 g/mol. The number of carbonyl (C=O) groups is 1. The summed E-state index contributed by atoms with van der Waals surface area (Å²) < 4.78 is 8.39. The summed E-state index contributed by atoms with van der Waals surface area (Å²) in [5.74, 6) is -0.117. The Kier molecular flexibility index (Phi) is 3.83. The Hall–Kier alpha value is -1.60. The fraction of sp³-hybridized carbons (Fsp3) is 0.273. The van der Waals surface area contributed by atoms with E-state index in [9.17, 15) is 4.79 Å². The first kappa shape index (κ1) is 12.8. The molecule has 2 rings (SSSR count). The highest BCUT2D eigenvalue weighted by Crippen LogP contribution is 2.25. The molecule has 94 valence electrons. The molecule has 0 atom stereocenters. The second-order valence-corrected chi connectivity index (χ2v) is 4.68. The lowest BCUT2D eigenvalue weighted by atomic mass is 10.1. The van der Waals surface area contributed by atoms with Crippen molar-refractivity contribution in [2.75, 3.05) is 5.32 Å². The normalized spacial score (nSPS) is 10.3. The number of nitrogens with one attached hydrogen (secondary N) is 2. The van der Waals surface area contributed by atoms with Crippen molar-refractivity contribution in [3.8, 4) is 0 Å². The number of thiocarbonyl (C=S) groups is 1. The van der Waals surface area contributed by atoms with Crippen LogP contribution in [0.15, 0.2) is 12.1 Å². The number of fused-ring (bicyclic) bond motifs is 1. The van der Waals surface area contributed by atoms with E-state index in [1.54, 1.807) is 6.92 Å². The first-order valence-electron chi connectivity index (χ1n) is 5.44. The van der Waals surface area contributed by atoms with Crippen molar-refractivity contribution in [2.24, 2.45) is 0 Å². The third-order valence-corrected chi connectivity index (χ3v) is 3.20. The van der Waals surface area contributed by atoms with Crippen molar-refractivity contribution in [3.63, 3.8) is 0 Å². The predicted molar refractivity (Wildman–Crippen MR) is 76.8 cm³/mol. The highest BCUT2D eigenvalue weighted by Gasteiger charge is 2.10. The maximum Gasteiger partial charge on any atom is 0.225 e. The van der Waals surface area contributed by atoms with Crippen molar-refractivity contribution >= 4 is 51.7 Å². The lowest BCUT2D eigenvalue weighted by Crippen LogP contribution is -2.33. The molecular formula is C11H12N4OS2. The van der Waals surface area contributed by atoms with Gasteiger partial charge in [-0.25, -0.2) is 0 Å². The van der Waals surface area contributed by atoms with Gasteiger partial charge >= 0.3 is 0 Å². The van der Waals surface area contributed by atoms with Crippen LogP contribution in [-0.2, 0) is 4.79 Å². The monoisotopic (exact) mass is 280 g/mol. The number of hydrogen-bond acceptors (Lipinski definition) is 5. The zero-order valence-electron chi connectivity index (χ0n) is 9.98. The van der Waals surface area contributed by atoms with Crippen LogP contribution in [0, 0.1) is 6.92 Å². The van der Waals surface area contributed by atoms with Crippen LogP contribution in [-0.4, -0.2) is 19.8 Å². The maximum atomic E-state index is 11.2. The van der Waals surface area contributed by atoms with Crippen LogP contribution in [0.25, 0.3) is 11.0 Å². The van der Waals surface area contributed by atoms with Gasteiger partial charge in [-0.15, -0.1) is 0 Å². The summed E-state index contributed by atoms with van der Waals surface area (Å²) >= 11 is 6.24. The van der Waals surface area contributed by atoms with Crippen LogP contribution < -0.4 is 10.6 Å². The number of nitrogens with zero attached hydrogens (tertiary/aromatic N) is 2. The fourth-order valence-electron chi connectivity index (χ4n) is 1.47. The fourth-order valence-corrected chi connectivity index (χ4v) is 2.23. The minimum atomic E-state index is -0.117. The summed E-state index contributed by atoms with van der Waals surface area (Å²) in [7, 11) is 0. The van der Waals surface area contributed by atoms with Gasteiger partial charge in [-0.1, -0.05) is 13.0 Å². The Balaban J connectivity index is 2.25. The number of carbonyl (C=O) groups excluding carboxylic acids is 1. The largest absolute Gasteiger partial charge is 0.330 e. The third kappa shape index (κ3) is 2.62. The minimum absolute atomic E-state index is 0.117. The SMILES string of the molecule is CCC(=O)NC(=S)Nc1c(C)ccc2nsnc12. The number of hydrogen-bond donors (Lipinski definition) is 2. The quantitative estimate of drug-likeness (QED) is 0.826. The molecule has 2 N–H and O–H groups in total. The molecule has 0 saturated carbocycles. The zero-order valence-corrected chi connectivity index (χ0v) is 11.6. The molecule has 5 nitrogen and oxygen atoms in total. The zero-order chi connectivity index (χ0) is 13.1. The van der Waals surface area contributed by atoms with Gasteiger partial charge in [0, 0.05) is 6.42 Å². The molecule has 1 amide bonds. The van der Waals surface area contributed by atoms with Gasteiger partial charge in [0.1, 0.15) is 11.0 Å². The topological polar surface area (TPSA) is 66.9 Å². The Morgan fingerprint density at radius 1 is 1.44 bits per heavy atom. The number of rotatable bonds is 2. The number of benzene rings is 1. The Morgan fingerprint density at radius 2 is 2.22 bits per heavy atom. The van der Waals surface area contributed by atoms with Gasteiger partial charge in [-0.3, -0.25) is 4.79 Å². The number of aromatic nitrogens is 2. The van der Waals surface area contributed by atoms with Crippen molar-refractivity contribution in [2.45, 2.75) is 20.3 Å². The van der Waals surface area contributed by atoms with Crippen LogP contribution in [0.5, 0.6) is 0 Å². The van der Waals surface area contributed by atoms with Gasteiger partial charge in [0.2, 0.25) is 5.91 Å². The molecule has 0 aliphatic rings. The van der Waals surface area contributed by atoms with Crippen LogP contribution >= 0.6 is 23.9 Å². The summed E-state index contributed by atoms with van der Waals surface area (Å²) in [4.78, 5) is 11.2. The van der Waals surface area contributed by atoms with E-state index in [4.69, 9.17) is 12.2 Å². The summed E-state index contributed by atoms with van der Waals surface area (Å²) in [6.07, 6.45) is 0.392. The molecule has 2 aromatic rings. The molecule has 1 aromatic carbocycles. The van der Waals surface area contributed by atoms with Crippen molar-refractivity contribution in [3.05, 3.63) is 17.7 Å². The lowest BCUT2D eigenvalue weighted by Gasteiger charge is -2.11. The third-order valence-electron chi connectivity index (χ3n) is 2.45. The molecule has 0 radical (unpaired) electrons. The summed E-state index contributed by atoms with van der Waals surface area (Å²) in [5.41, 5.74) is 3.39. The van der Waals surface area contributed by atoms with Crippen molar-refractivity contribution in [1.82, 2.24) is 14.1 Å². The Morgan fingerprint density at radius 3 is 2.94 bits per heavy atom. The lowest BCUT2D eigenvalue weighted by molar-refractivity contribution is -0.119. The standard InChI is InChI=1S/C11H12N4OS2/c1-3-8(16)12-11(17)13-9-6(2)4-5-7-10(9)15-18-14-7/h4-5H,3H2,1-2H3,(H2,12,13,16,17). The van der Waals surface area contributed by atoms with Crippen LogP contribution in [0.1, 0.15) is 18.9 Å². The average Bonchev–Trinajstić information content (AvgIpc) is 2.81. The van der Waals surface area contributed by atoms with E-state index < -0.39 is 0 Å². The second-order valence-electron chi connectivity index (χ2n) is 3.75. The van der Waals surface area contributed by atoms with Crippen molar-refractivity contribution in [1.29, 1.82) is 0 Å². The van der Waals surface area contributed by atoms with E-state index in [0.717, 1.165) is 34.0 Å². The summed E-state index contributed by atoms with van der Waals surface area (Å²) in [6, 6.07) is 3.85. The smallest absolute Gasteiger partial charge is 0.225 e. The summed E-state index contributed by atoms with van der Waals surface area (Å²) in [5, 5.41) is 5.89. The van der Waals surface area contributed by atoms with Gasteiger partial charge < -0.3 is 10.6 Å². The molecule has 18 heavy (non-hydrogen) atoms. The second kappa shape index (κ2) is 5.36. The van der Waals surface area contributed by atoms with Gasteiger partial charge in [0.05, 0.1) is 17.4 Å². The van der Waals surface area contributed by atoms with E-state index in [-0.39, 0.29) is 11.0 Å². The number of amides is 1. The van der Waals surface area contributed by atoms with Crippen molar-refractivity contribution < 1.29 is 4.79 Å². The van der Waals surface area contributed by atoms with Gasteiger partial charge in [0.25, 0.3) is 0 Å². The highest BCUT2D eigenvalue weighted by atomic mass is 32.1. The van der Waals surface area contributed by atoms with Crippen LogP contribution in [0.3, 0.4) is 0 Å². The molecule has 0 bridgehead atoms. The van der Waals surface area contributed by atoms with Gasteiger partial charge in [-0.05, 0) is 30.8 Å². The molecule has 1 aromatic heterocycles. The van der Waals surface area contributed by atoms with E-state index in [1.165, 1.54) is 0 Å². The first-order chi connectivity index (χ1) is 8.61. The van der Waals surface area contributed by atoms with Gasteiger partial charge in [-0.2, -0.15) is 8.75 Å². The summed E-state index contributed by atoms with van der Waals surface area (Å²) in [6.45, 7) is 3.72. The van der Waals surface area contributed by atoms with Gasteiger partial charge in [0.15, 0.2) is 5.11 Å². The first-order valence-corrected chi connectivity index (χ1v) is 6.58. The highest BCUT2D eigenvalue weighted by molar-refractivity contribution is 7.80. The Labute approximate surface area is 114 Å². The van der Waals surface area contributed by atoms with Crippen LogP contribution in [0.4, 0.5) is 5.69 Å². The Bertz CT molecular complexity index is 608. The maximum absolute atomic E-state index is 11.2. The molecule has 0 unspecified atom stereocenters. The molecule has 0 saturated heterocycles. The molecule has 1 heterocycles. The average molecular weight is 280 g/mol. The van der Waals surface area contributed by atoms with E-state index in [2.05, 4.69) is 19.4 Å². The van der Waals surface area contributed by atoms with E-state index >= 15 is 0 Å². The minimum Gasteiger partial charge on any atom is -0.330 e. The number of anilines is 1. The van der Waals surface area contributed by atoms with E-state index in [1.807, 2.05) is 19.1 Å². The molecule has 7 heteroatoms. The molecule has 0 aliphatic carbocycles. The molecule has 0 aliphatic heterocycles.